The minimum absolute atomic E-state index is 1.26. The third kappa shape index (κ3) is 30.9. The van der Waals surface area contributed by atoms with Crippen molar-refractivity contribution in [3.05, 3.63) is 0 Å². The van der Waals surface area contributed by atoms with Crippen LogP contribution in [0.4, 0.5) is 0 Å². The molecule has 0 heterocycles. The molecule has 0 fully saturated rings. The number of nitrogens with two attached hydrogens (primary N) is 4. The van der Waals surface area contributed by atoms with Crippen LogP contribution in [0.1, 0.15) is 55.4 Å². The van der Waals surface area contributed by atoms with Gasteiger partial charge in [-0.15, -0.1) is 0 Å². The van der Waals surface area contributed by atoms with Crippen LogP contribution in [0.2, 0.25) is 58.7 Å². The number of hydrogen-bond acceptors (Lipinski definition) is 4. The predicted octanol–water partition coefficient (Wildman–Crippen LogP) is 7.75. The van der Waals surface area contributed by atoms with Crippen molar-refractivity contribution >= 4 is 0 Å². The summed E-state index contributed by atoms with van der Waals surface area (Å²) in [7, 11) is 0. The second-order valence-electron chi connectivity index (χ2n) is 9.44. The molecule has 28 heavy (non-hydrogen) atoms. The topological polar surface area (TPSA) is 104 Å². The molecule has 0 rings (SSSR count). The second-order valence-corrected chi connectivity index (χ2v) is 38.9. The van der Waals surface area contributed by atoms with E-state index in [1.165, 1.54) is 37.8 Å². The maximum absolute atomic E-state index is 5.90. The normalized spacial score (nSPS) is 12.0. The fraction of sp³-hybridized carbons (Fsp3) is 1.00. The molecule has 8 heteroatoms. The van der Waals surface area contributed by atoms with E-state index in [0.29, 0.717) is 0 Å². The van der Waals surface area contributed by atoms with Gasteiger partial charge in [0.05, 0.1) is 0 Å². The molecule has 8 N–H and O–H groups in total. The van der Waals surface area contributed by atoms with Crippen molar-refractivity contribution in [3.8, 4) is 0 Å². The molecular formula is C20H60N4Ti4. The molecule has 0 saturated carbocycles. The maximum atomic E-state index is 5.90. The Kier molecular flexibility index (Phi) is 27.6. The third-order valence-corrected chi connectivity index (χ3v) is 26.6. The van der Waals surface area contributed by atoms with Crippen molar-refractivity contribution in [2.24, 2.45) is 16.9 Å². The fourth-order valence-electron chi connectivity index (χ4n) is 1.000. The molecule has 0 aliphatic carbocycles. The molecule has 0 aliphatic rings. The monoisotopic (exact) mass is 548 g/mol. The number of hydrogen-bond donors (Lipinski definition) is 4. The van der Waals surface area contributed by atoms with Gasteiger partial charge in [0.15, 0.2) is 0 Å². The fourth-order valence-corrected chi connectivity index (χ4v) is 4.12. The van der Waals surface area contributed by atoms with E-state index in [0.717, 1.165) is 0 Å². The van der Waals surface area contributed by atoms with Crippen LogP contribution < -0.4 is 16.9 Å². The van der Waals surface area contributed by atoms with E-state index < -0.39 is 67.4 Å². The van der Waals surface area contributed by atoms with Crippen molar-refractivity contribution in [2.45, 2.75) is 114 Å². The first-order chi connectivity index (χ1) is 12.5. The average molecular weight is 548 g/mol. The summed E-state index contributed by atoms with van der Waals surface area (Å²) in [5.41, 5.74) is 0. The molecule has 0 spiro atoms. The van der Waals surface area contributed by atoms with Crippen LogP contribution in [0.5, 0.6) is 0 Å². The zero-order chi connectivity index (χ0) is 23.7. The molecular weight excluding hydrogens is 488 g/mol. The van der Waals surface area contributed by atoms with Gasteiger partial charge in [-0.2, -0.15) is 0 Å². The Morgan fingerprint density at radius 2 is 0.393 bits per heavy atom. The van der Waals surface area contributed by atoms with Crippen LogP contribution >= 0.6 is 0 Å². The first kappa shape index (κ1) is 38.0. The SMILES string of the molecule is C[CH2][Ti]([CH3])([NH2])[CH2]C.C[CH2][Ti]([CH3])([NH2])[CH2]C.C[CH2][Ti]([CH3])([NH2])[CH2]C.C[CH2][Ti]([CH3])([NH2])[CH2]C. The molecule has 176 valence electrons. The van der Waals surface area contributed by atoms with Crippen LogP contribution in [-0.4, -0.2) is 0 Å². The predicted molar refractivity (Wildman–Crippen MR) is 124 cm³/mol. The summed E-state index contributed by atoms with van der Waals surface area (Å²) < 4.78 is 33.7. The van der Waals surface area contributed by atoms with Gasteiger partial charge in [-0.1, -0.05) is 0 Å². The van der Waals surface area contributed by atoms with Gasteiger partial charge in [-0.25, -0.2) is 0 Å². The summed E-state index contributed by atoms with van der Waals surface area (Å²) in [5, 5.41) is 9.06. The van der Waals surface area contributed by atoms with Gasteiger partial charge in [0.1, 0.15) is 0 Å². The molecule has 0 saturated heterocycles. The van der Waals surface area contributed by atoms with Crippen molar-refractivity contribution < 1.29 is 67.4 Å². The molecule has 0 amide bonds. The van der Waals surface area contributed by atoms with Crippen LogP contribution in [-0.2, 0) is 67.4 Å². The average Bonchev–Trinajstić information content (AvgIpc) is 2.69. The van der Waals surface area contributed by atoms with Crippen molar-refractivity contribution in [1.29, 1.82) is 0 Å². The van der Waals surface area contributed by atoms with E-state index in [4.69, 9.17) is 16.9 Å². The molecule has 0 atom stereocenters. The summed E-state index contributed by atoms with van der Waals surface area (Å²) in [4.78, 5) is 0. The minimum atomic E-state index is -1.58. The summed E-state index contributed by atoms with van der Waals surface area (Å²) in [6.07, 6.45) is 0. The van der Waals surface area contributed by atoms with E-state index >= 15 is 0 Å². The van der Waals surface area contributed by atoms with Crippen LogP contribution in [0.15, 0.2) is 0 Å². The Bertz CT molecular complexity index is 248. The summed E-state index contributed by atoms with van der Waals surface area (Å²) >= 11 is -6.33. The van der Waals surface area contributed by atoms with E-state index in [1.807, 2.05) is 0 Å². The molecule has 0 aromatic heterocycles. The zero-order valence-electron chi connectivity index (χ0n) is 22.0. The van der Waals surface area contributed by atoms with E-state index in [2.05, 4.69) is 76.3 Å². The molecule has 0 radical (unpaired) electrons. The van der Waals surface area contributed by atoms with Gasteiger partial charge >= 0.3 is 198 Å². The molecule has 0 unspecified atom stereocenters. The van der Waals surface area contributed by atoms with E-state index in [-0.39, 0.29) is 0 Å². The van der Waals surface area contributed by atoms with Gasteiger partial charge in [0.25, 0.3) is 0 Å². The molecule has 0 bridgehead atoms. The van der Waals surface area contributed by atoms with Crippen LogP contribution in [0.3, 0.4) is 0 Å². The van der Waals surface area contributed by atoms with Crippen LogP contribution in [0, 0.1) is 0 Å². The van der Waals surface area contributed by atoms with Gasteiger partial charge in [-0.05, 0) is 0 Å². The number of rotatable bonds is 8. The van der Waals surface area contributed by atoms with E-state index in [9.17, 15) is 0 Å². The zero-order valence-corrected chi connectivity index (χ0v) is 28.2. The third-order valence-electron chi connectivity index (χ3n) is 6.46. The van der Waals surface area contributed by atoms with Gasteiger partial charge in [0, 0.05) is 0 Å². The molecule has 0 aliphatic heterocycles. The van der Waals surface area contributed by atoms with Gasteiger partial charge < -0.3 is 0 Å². The van der Waals surface area contributed by atoms with Crippen molar-refractivity contribution in [2.75, 3.05) is 0 Å². The van der Waals surface area contributed by atoms with Gasteiger partial charge in [-0.3, -0.25) is 0 Å². The van der Waals surface area contributed by atoms with Crippen LogP contribution in [0.25, 0.3) is 0 Å². The molecule has 4 nitrogen and oxygen atoms in total. The van der Waals surface area contributed by atoms with E-state index in [1.54, 1.807) is 0 Å². The first-order valence-corrected chi connectivity index (χ1v) is 30.3. The van der Waals surface area contributed by atoms with Crippen molar-refractivity contribution in [3.63, 3.8) is 0 Å². The summed E-state index contributed by atoms with van der Waals surface area (Å²) in [6, 6.07) is 0. The summed E-state index contributed by atoms with van der Waals surface area (Å²) in [6.45, 7) is 17.6. The Morgan fingerprint density at radius 3 is 0.393 bits per heavy atom. The second kappa shape index (κ2) is 20.3. The Hall–Kier alpha value is 2.70. The standard InChI is InChI=1S/8C2H5.4CH3.4H2N.4Ti/c8*1-2;;;;;;;;;;;;/h8*1H2,2H3;4*1H3;4*1H2;;;;/q;;;;;;;;;;;;4*-1;4*+1. The molecule has 0 aromatic carbocycles. The summed E-state index contributed by atoms with van der Waals surface area (Å²) in [5.74, 6) is 0. The first-order valence-electron chi connectivity index (χ1n) is 11.6. The van der Waals surface area contributed by atoms with Gasteiger partial charge in [0.2, 0.25) is 0 Å². The quantitative estimate of drug-likeness (QED) is 0.233. The van der Waals surface area contributed by atoms with Crippen molar-refractivity contribution in [1.82, 2.24) is 0 Å². The Balaban J connectivity index is -0.000000137. The Morgan fingerprint density at radius 1 is 0.321 bits per heavy atom. The molecule has 0 aromatic rings. The Labute approximate surface area is 196 Å².